The van der Waals surface area contributed by atoms with Gasteiger partial charge in [-0.05, 0) is 88.3 Å². The molecule has 1 heterocycles. The molecule has 3 rings (SSSR count). The summed E-state index contributed by atoms with van der Waals surface area (Å²) in [5, 5.41) is 0. The number of nitrogens with zero attached hydrogens (tertiary/aromatic N) is 1. The van der Waals surface area contributed by atoms with Crippen LogP contribution in [0.4, 0.5) is 0 Å². The van der Waals surface area contributed by atoms with Crippen molar-refractivity contribution in [1.82, 2.24) is 4.90 Å². The second-order valence-electron chi connectivity index (χ2n) is 9.65. The van der Waals surface area contributed by atoms with Crippen molar-refractivity contribution in [2.75, 3.05) is 0 Å². The molecule has 1 aliphatic rings. The fourth-order valence-corrected chi connectivity index (χ4v) is 5.18. The number of rotatable bonds is 5. The number of benzene rings is 2. The van der Waals surface area contributed by atoms with Crippen LogP contribution in [0.1, 0.15) is 77.8 Å². The van der Waals surface area contributed by atoms with Gasteiger partial charge in [0.2, 0.25) is 0 Å². The highest BCUT2D eigenvalue weighted by atomic mass is 15.2. The van der Waals surface area contributed by atoms with E-state index in [1.807, 2.05) is 0 Å². The Morgan fingerprint density at radius 2 is 1.36 bits per heavy atom. The second kappa shape index (κ2) is 8.15. The van der Waals surface area contributed by atoms with Crippen molar-refractivity contribution >= 4 is 0 Å². The molecule has 0 spiro atoms. The van der Waals surface area contributed by atoms with Crippen molar-refractivity contribution in [3.05, 3.63) is 71.9 Å². The van der Waals surface area contributed by atoms with Gasteiger partial charge >= 0.3 is 0 Å². The van der Waals surface area contributed by atoms with Gasteiger partial charge in [0.1, 0.15) is 0 Å². The van der Waals surface area contributed by atoms with Crippen LogP contribution in [-0.4, -0.2) is 16.0 Å². The molecule has 0 aromatic heterocycles. The van der Waals surface area contributed by atoms with E-state index in [0.29, 0.717) is 5.92 Å². The normalized spacial score (nSPS) is 19.3. The highest BCUT2D eigenvalue weighted by Gasteiger charge is 2.43. The SMILES string of the molecule is C/C=C/N1C(C)(C)CC(c2ccc(-c3ccc(CCC)cc3)cc2)CC1(C)C. The topological polar surface area (TPSA) is 3.24 Å². The lowest BCUT2D eigenvalue weighted by atomic mass is 9.71. The van der Waals surface area contributed by atoms with Crippen LogP contribution < -0.4 is 0 Å². The van der Waals surface area contributed by atoms with Crippen molar-refractivity contribution in [2.45, 2.75) is 84.2 Å². The van der Waals surface area contributed by atoms with Gasteiger partial charge in [0.25, 0.3) is 0 Å². The molecule has 0 aliphatic carbocycles. The minimum absolute atomic E-state index is 0.159. The molecule has 1 fully saturated rings. The van der Waals surface area contributed by atoms with Gasteiger partial charge in [-0.2, -0.15) is 0 Å². The van der Waals surface area contributed by atoms with Gasteiger partial charge in [-0.15, -0.1) is 0 Å². The summed E-state index contributed by atoms with van der Waals surface area (Å²) in [5.74, 6) is 0.604. The average Bonchev–Trinajstić information content (AvgIpc) is 2.65. The summed E-state index contributed by atoms with van der Waals surface area (Å²) < 4.78 is 0. The fourth-order valence-electron chi connectivity index (χ4n) is 5.18. The van der Waals surface area contributed by atoms with Gasteiger partial charge < -0.3 is 4.90 Å². The molecule has 0 atom stereocenters. The van der Waals surface area contributed by atoms with E-state index >= 15 is 0 Å². The molecule has 2 aromatic rings. The Bertz CT molecular complexity index is 775. The van der Waals surface area contributed by atoms with Gasteiger partial charge in [-0.1, -0.05) is 68.0 Å². The Labute approximate surface area is 172 Å². The maximum atomic E-state index is 2.56. The third-order valence-electron chi connectivity index (χ3n) is 6.30. The maximum absolute atomic E-state index is 2.56. The summed E-state index contributed by atoms with van der Waals surface area (Å²) in [7, 11) is 0. The van der Waals surface area contributed by atoms with Crippen molar-refractivity contribution in [3.63, 3.8) is 0 Å². The number of hydrogen-bond acceptors (Lipinski definition) is 1. The predicted molar refractivity (Wildman–Crippen MR) is 123 cm³/mol. The van der Waals surface area contributed by atoms with Gasteiger partial charge in [0, 0.05) is 11.1 Å². The van der Waals surface area contributed by atoms with E-state index in [2.05, 4.69) is 107 Å². The van der Waals surface area contributed by atoms with Gasteiger partial charge in [-0.3, -0.25) is 0 Å². The van der Waals surface area contributed by atoms with Crippen LogP contribution in [0, 0.1) is 0 Å². The molecular formula is C27H37N. The zero-order chi connectivity index (χ0) is 20.4. The quantitative estimate of drug-likeness (QED) is 0.520. The third-order valence-corrected chi connectivity index (χ3v) is 6.30. The standard InChI is InChI=1S/C27H37N/c1-7-9-21-10-12-22(13-11-21)23-14-16-24(17-15-23)25-19-26(3,4)28(18-8-2)27(5,6)20-25/h8,10-18,25H,7,9,19-20H2,1-6H3/b18-8+. The van der Waals surface area contributed by atoms with Crippen molar-refractivity contribution < 1.29 is 0 Å². The van der Waals surface area contributed by atoms with E-state index < -0.39 is 0 Å². The largest absolute Gasteiger partial charge is 0.368 e. The molecule has 1 aliphatic heterocycles. The summed E-state index contributed by atoms with van der Waals surface area (Å²) in [5.41, 5.74) is 5.86. The van der Waals surface area contributed by atoms with Crippen LogP contribution >= 0.6 is 0 Å². The summed E-state index contributed by atoms with van der Waals surface area (Å²) in [6.07, 6.45) is 9.19. The smallest absolute Gasteiger partial charge is 0.0351 e. The van der Waals surface area contributed by atoms with E-state index in [-0.39, 0.29) is 11.1 Å². The molecular weight excluding hydrogens is 338 g/mol. The van der Waals surface area contributed by atoms with Crippen LogP contribution in [0.25, 0.3) is 11.1 Å². The molecule has 1 saturated heterocycles. The van der Waals surface area contributed by atoms with Gasteiger partial charge in [0.15, 0.2) is 0 Å². The summed E-state index contributed by atoms with van der Waals surface area (Å²) >= 11 is 0. The molecule has 1 nitrogen and oxygen atoms in total. The molecule has 0 unspecified atom stereocenters. The molecule has 1 heteroatoms. The number of likely N-dealkylation sites (tertiary alicyclic amines) is 1. The fraction of sp³-hybridized carbons (Fsp3) is 0.481. The van der Waals surface area contributed by atoms with Crippen molar-refractivity contribution in [1.29, 1.82) is 0 Å². The van der Waals surface area contributed by atoms with Crippen LogP contribution in [0.2, 0.25) is 0 Å². The van der Waals surface area contributed by atoms with E-state index in [1.165, 1.54) is 41.5 Å². The van der Waals surface area contributed by atoms with Crippen LogP contribution in [0.3, 0.4) is 0 Å². The van der Waals surface area contributed by atoms with E-state index in [9.17, 15) is 0 Å². The summed E-state index contributed by atoms with van der Waals surface area (Å²) in [6.45, 7) is 13.9. The Balaban J connectivity index is 1.80. The van der Waals surface area contributed by atoms with Gasteiger partial charge in [0.05, 0.1) is 0 Å². The molecule has 0 N–H and O–H groups in total. The van der Waals surface area contributed by atoms with Crippen molar-refractivity contribution in [3.8, 4) is 11.1 Å². The minimum Gasteiger partial charge on any atom is -0.368 e. The number of piperidine rings is 1. The maximum Gasteiger partial charge on any atom is 0.0351 e. The molecule has 0 saturated carbocycles. The highest BCUT2D eigenvalue weighted by Crippen LogP contribution is 2.46. The monoisotopic (exact) mass is 375 g/mol. The minimum atomic E-state index is 0.159. The zero-order valence-electron chi connectivity index (χ0n) is 18.6. The number of hydrogen-bond donors (Lipinski definition) is 0. The first kappa shape index (κ1) is 20.7. The molecule has 150 valence electrons. The first-order chi connectivity index (χ1) is 13.3. The Kier molecular flexibility index (Phi) is 6.03. The lowest BCUT2D eigenvalue weighted by Gasteiger charge is -2.55. The average molecular weight is 376 g/mol. The van der Waals surface area contributed by atoms with Crippen LogP contribution in [0.15, 0.2) is 60.8 Å². The Morgan fingerprint density at radius 3 is 1.82 bits per heavy atom. The number of allylic oxidation sites excluding steroid dienone is 1. The highest BCUT2D eigenvalue weighted by molar-refractivity contribution is 5.64. The lowest BCUT2D eigenvalue weighted by molar-refractivity contribution is 0.00728. The number of aryl methyl sites for hydroxylation is 1. The molecule has 0 radical (unpaired) electrons. The third kappa shape index (κ3) is 4.35. The van der Waals surface area contributed by atoms with E-state index in [1.54, 1.807) is 0 Å². The van der Waals surface area contributed by atoms with Crippen LogP contribution in [0.5, 0.6) is 0 Å². The Hall–Kier alpha value is -2.02. The molecule has 0 amide bonds. The molecule has 28 heavy (non-hydrogen) atoms. The van der Waals surface area contributed by atoms with Gasteiger partial charge in [-0.25, -0.2) is 0 Å². The second-order valence-corrected chi connectivity index (χ2v) is 9.65. The lowest BCUT2D eigenvalue weighted by Crippen LogP contribution is -2.57. The zero-order valence-corrected chi connectivity index (χ0v) is 18.6. The van der Waals surface area contributed by atoms with E-state index in [0.717, 1.165) is 6.42 Å². The van der Waals surface area contributed by atoms with E-state index in [4.69, 9.17) is 0 Å². The Morgan fingerprint density at radius 1 is 0.857 bits per heavy atom. The first-order valence-corrected chi connectivity index (χ1v) is 10.9. The first-order valence-electron chi connectivity index (χ1n) is 10.9. The molecule has 0 bridgehead atoms. The predicted octanol–water partition coefficient (Wildman–Crippen LogP) is 7.58. The van der Waals surface area contributed by atoms with Crippen molar-refractivity contribution in [2.24, 2.45) is 0 Å². The molecule has 2 aromatic carbocycles. The summed E-state index contributed by atoms with van der Waals surface area (Å²) in [4.78, 5) is 2.56. The van der Waals surface area contributed by atoms with Crippen LogP contribution in [-0.2, 0) is 6.42 Å². The summed E-state index contributed by atoms with van der Waals surface area (Å²) in [6, 6.07) is 18.4.